The zero-order valence-corrected chi connectivity index (χ0v) is 10.7. The summed E-state index contributed by atoms with van der Waals surface area (Å²) in [5.74, 6) is -0.932. The van der Waals surface area contributed by atoms with E-state index in [9.17, 15) is 9.59 Å². The van der Waals surface area contributed by atoms with Crippen LogP contribution in [0.2, 0.25) is 0 Å². The number of carboxylic acids is 1. The van der Waals surface area contributed by atoms with Crippen LogP contribution >= 0.6 is 0 Å². The molecule has 1 amide bonds. The highest BCUT2D eigenvalue weighted by atomic mass is 16.5. The lowest BCUT2D eigenvalue weighted by Gasteiger charge is -2.07. The molecule has 0 unspecified atom stereocenters. The van der Waals surface area contributed by atoms with Gasteiger partial charge in [0.25, 0.3) is 5.91 Å². The molecule has 104 valence electrons. The highest BCUT2D eigenvalue weighted by Crippen LogP contribution is 2.13. The number of carbonyl (C=O) groups is 2. The van der Waals surface area contributed by atoms with E-state index in [2.05, 4.69) is 5.32 Å². The Kier molecular flexibility index (Phi) is 6.38. The summed E-state index contributed by atoms with van der Waals surface area (Å²) in [4.78, 5) is 22.2. The molecule has 0 saturated heterocycles. The van der Waals surface area contributed by atoms with E-state index in [0.717, 1.165) is 6.42 Å². The smallest absolute Gasteiger partial charge is 0.341 e. The number of aliphatic carboxylic acids is 1. The number of ether oxygens (including phenoxy) is 2. The van der Waals surface area contributed by atoms with Gasteiger partial charge in [0.05, 0.1) is 0 Å². The SMILES string of the molecule is COCCCNC(=O)c1cccc(OCC(=O)O)c1. The number of benzene rings is 1. The standard InChI is InChI=1S/C13H17NO5/c1-18-7-3-6-14-13(17)10-4-2-5-11(8-10)19-9-12(15)16/h2,4-5,8H,3,6-7,9H2,1H3,(H,14,17)(H,15,16). The maximum atomic E-state index is 11.8. The molecule has 0 fully saturated rings. The minimum Gasteiger partial charge on any atom is -0.482 e. The Labute approximate surface area is 111 Å². The third-order valence-electron chi connectivity index (χ3n) is 2.27. The van der Waals surface area contributed by atoms with Crippen molar-refractivity contribution in [3.05, 3.63) is 29.8 Å². The van der Waals surface area contributed by atoms with Crippen molar-refractivity contribution in [1.82, 2.24) is 5.32 Å². The van der Waals surface area contributed by atoms with E-state index in [1.165, 1.54) is 6.07 Å². The minimum absolute atomic E-state index is 0.225. The predicted molar refractivity (Wildman–Crippen MR) is 68.4 cm³/mol. The first-order valence-corrected chi connectivity index (χ1v) is 5.85. The van der Waals surface area contributed by atoms with Gasteiger partial charge in [-0.15, -0.1) is 0 Å². The number of nitrogens with one attached hydrogen (secondary N) is 1. The van der Waals surface area contributed by atoms with Crippen molar-refractivity contribution in [3.63, 3.8) is 0 Å². The zero-order valence-electron chi connectivity index (χ0n) is 10.7. The molecule has 1 aromatic carbocycles. The fourth-order valence-corrected chi connectivity index (χ4v) is 1.39. The van der Waals surface area contributed by atoms with E-state index in [1.807, 2.05) is 0 Å². The molecule has 0 aromatic heterocycles. The van der Waals surface area contributed by atoms with Crippen molar-refractivity contribution in [2.75, 3.05) is 26.9 Å². The number of methoxy groups -OCH3 is 1. The van der Waals surface area contributed by atoms with Gasteiger partial charge in [-0.3, -0.25) is 4.79 Å². The van der Waals surface area contributed by atoms with Crippen LogP contribution in [-0.2, 0) is 9.53 Å². The molecule has 19 heavy (non-hydrogen) atoms. The summed E-state index contributed by atoms with van der Waals surface area (Å²) in [6.45, 7) is 0.674. The van der Waals surface area contributed by atoms with Gasteiger partial charge >= 0.3 is 5.97 Å². The lowest BCUT2D eigenvalue weighted by Crippen LogP contribution is -2.25. The van der Waals surface area contributed by atoms with Crippen LogP contribution in [0, 0.1) is 0 Å². The lowest BCUT2D eigenvalue weighted by molar-refractivity contribution is -0.139. The predicted octanol–water partition coefficient (Wildman–Crippen LogP) is 0.916. The van der Waals surface area contributed by atoms with Gasteiger partial charge in [0.2, 0.25) is 0 Å². The molecule has 6 heteroatoms. The Morgan fingerprint density at radius 1 is 1.37 bits per heavy atom. The second-order valence-electron chi connectivity index (χ2n) is 3.81. The molecule has 0 radical (unpaired) electrons. The van der Waals surface area contributed by atoms with E-state index in [1.54, 1.807) is 25.3 Å². The number of hydrogen-bond donors (Lipinski definition) is 2. The average molecular weight is 267 g/mol. The Balaban J connectivity index is 2.50. The van der Waals surface area contributed by atoms with Gasteiger partial charge in [0, 0.05) is 25.8 Å². The Bertz CT molecular complexity index is 433. The van der Waals surface area contributed by atoms with Crippen molar-refractivity contribution in [3.8, 4) is 5.75 Å². The van der Waals surface area contributed by atoms with Crippen molar-refractivity contribution < 1.29 is 24.2 Å². The molecule has 0 aliphatic carbocycles. The van der Waals surface area contributed by atoms with E-state index in [0.29, 0.717) is 24.5 Å². The number of carboxylic acid groups (broad SMARTS) is 1. The Hall–Kier alpha value is -2.08. The van der Waals surface area contributed by atoms with Gasteiger partial charge < -0.3 is 19.9 Å². The maximum Gasteiger partial charge on any atom is 0.341 e. The molecular formula is C13H17NO5. The van der Waals surface area contributed by atoms with Crippen molar-refractivity contribution in [2.45, 2.75) is 6.42 Å². The fourth-order valence-electron chi connectivity index (χ4n) is 1.39. The summed E-state index contributed by atoms with van der Waals surface area (Å²) in [5, 5.41) is 11.2. The van der Waals surface area contributed by atoms with E-state index in [-0.39, 0.29) is 5.91 Å². The van der Waals surface area contributed by atoms with Crippen LogP contribution < -0.4 is 10.1 Å². The van der Waals surface area contributed by atoms with Crippen LogP contribution in [0.1, 0.15) is 16.8 Å². The molecule has 0 spiro atoms. The molecule has 0 atom stereocenters. The van der Waals surface area contributed by atoms with Crippen LogP contribution in [0.15, 0.2) is 24.3 Å². The van der Waals surface area contributed by atoms with Gasteiger partial charge in [-0.1, -0.05) is 6.07 Å². The highest BCUT2D eigenvalue weighted by molar-refractivity contribution is 5.94. The number of carbonyl (C=O) groups excluding carboxylic acids is 1. The highest BCUT2D eigenvalue weighted by Gasteiger charge is 2.06. The van der Waals surface area contributed by atoms with Crippen LogP contribution in [0.5, 0.6) is 5.75 Å². The molecule has 6 nitrogen and oxygen atoms in total. The first-order chi connectivity index (χ1) is 9.13. The van der Waals surface area contributed by atoms with Crippen LogP contribution in [-0.4, -0.2) is 43.9 Å². The lowest BCUT2D eigenvalue weighted by atomic mass is 10.2. The Morgan fingerprint density at radius 3 is 2.84 bits per heavy atom. The Morgan fingerprint density at radius 2 is 2.16 bits per heavy atom. The molecule has 2 N–H and O–H groups in total. The van der Waals surface area contributed by atoms with Gasteiger partial charge in [-0.25, -0.2) is 4.79 Å². The molecule has 0 bridgehead atoms. The normalized spacial score (nSPS) is 9.95. The first kappa shape index (κ1) is 15.0. The molecule has 0 saturated carbocycles. The second kappa shape index (κ2) is 8.10. The summed E-state index contributed by atoms with van der Waals surface area (Å²) >= 11 is 0. The summed E-state index contributed by atoms with van der Waals surface area (Å²) in [6, 6.07) is 6.39. The van der Waals surface area contributed by atoms with E-state index >= 15 is 0 Å². The minimum atomic E-state index is -1.06. The van der Waals surface area contributed by atoms with Crippen molar-refractivity contribution in [2.24, 2.45) is 0 Å². The van der Waals surface area contributed by atoms with E-state index in [4.69, 9.17) is 14.6 Å². The molecule has 1 rings (SSSR count). The van der Waals surface area contributed by atoms with Gasteiger partial charge in [0.1, 0.15) is 5.75 Å². The quantitative estimate of drug-likeness (QED) is 0.684. The van der Waals surface area contributed by atoms with Gasteiger partial charge in [-0.05, 0) is 24.6 Å². The zero-order chi connectivity index (χ0) is 14.1. The topological polar surface area (TPSA) is 84.9 Å². The number of amides is 1. The summed E-state index contributed by atoms with van der Waals surface area (Å²) in [7, 11) is 1.60. The molecule has 0 aliphatic heterocycles. The van der Waals surface area contributed by atoms with Crippen molar-refractivity contribution in [1.29, 1.82) is 0 Å². The summed E-state index contributed by atoms with van der Waals surface area (Å²) in [6.07, 6.45) is 0.734. The summed E-state index contributed by atoms with van der Waals surface area (Å²) < 4.78 is 9.88. The van der Waals surface area contributed by atoms with Gasteiger partial charge in [0.15, 0.2) is 6.61 Å². The number of rotatable bonds is 8. The summed E-state index contributed by atoms with van der Waals surface area (Å²) in [5.41, 5.74) is 0.431. The van der Waals surface area contributed by atoms with Crippen LogP contribution in [0.25, 0.3) is 0 Å². The van der Waals surface area contributed by atoms with E-state index < -0.39 is 12.6 Å². The van der Waals surface area contributed by atoms with Crippen LogP contribution in [0.4, 0.5) is 0 Å². The largest absolute Gasteiger partial charge is 0.482 e. The van der Waals surface area contributed by atoms with Crippen molar-refractivity contribution >= 4 is 11.9 Å². The second-order valence-corrected chi connectivity index (χ2v) is 3.81. The molecular weight excluding hydrogens is 250 g/mol. The third-order valence-corrected chi connectivity index (χ3v) is 2.27. The monoisotopic (exact) mass is 267 g/mol. The average Bonchev–Trinajstić information content (AvgIpc) is 2.41. The fraction of sp³-hybridized carbons (Fsp3) is 0.385. The molecule has 0 heterocycles. The van der Waals surface area contributed by atoms with Gasteiger partial charge in [-0.2, -0.15) is 0 Å². The number of hydrogen-bond acceptors (Lipinski definition) is 4. The molecule has 0 aliphatic rings. The van der Waals surface area contributed by atoms with Crippen LogP contribution in [0.3, 0.4) is 0 Å². The first-order valence-electron chi connectivity index (χ1n) is 5.85. The molecule has 1 aromatic rings. The maximum absolute atomic E-state index is 11.8. The third kappa shape index (κ3) is 5.87.